The van der Waals surface area contributed by atoms with Crippen molar-refractivity contribution in [1.29, 1.82) is 0 Å². The molecule has 3 aliphatic heterocycles. The van der Waals surface area contributed by atoms with Gasteiger partial charge in [-0.05, 0) is 42.0 Å². The van der Waals surface area contributed by atoms with Gasteiger partial charge < -0.3 is 15.5 Å². The molecule has 7 heteroatoms. The predicted octanol–water partition coefficient (Wildman–Crippen LogP) is 2.48. The average molecular weight is 418 g/mol. The number of carbonyl (C=O) groups excluding carboxylic acids is 3. The van der Waals surface area contributed by atoms with Gasteiger partial charge >= 0.3 is 0 Å². The van der Waals surface area contributed by atoms with E-state index in [2.05, 4.69) is 34.1 Å². The van der Waals surface area contributed by atoms with E-state index in [1.807, 2.05) is 24.3 Å². The minimum Gasteiger partial charge on any atom is -0.385 e. The van der Waals surface area contributed by atoms with Crippen molar-refractivity contribution in [3.8, 4) is 0 Å². The average Bonchev–Trinajstić information content (AvgIpc) is 2.97. The molecule has 2 unspecified atom stereocenters. The number of para-hydroxylation sites is 1. The summed E-state index contributed by atoms with van der Waals surface area (Å²) in [4.78, 5) is 38.7. The molecule has 0 radical (unpaired) electrons. The van der Waals surface area contributed by atoms with Crippen molar-refractivity contribution in [1.82, 2.24) is 15.5 Å². The second kappa shape index (κ2) is 8.15. The summed E-state index contributed by atoms with van der Waals surface area (Å²) in [7, 11) is 0. The molecule has 5 rings (SSSR count). The summed E-state index contributed by atoms with van der Waals surface area (Å²) in [5, 5.41) is 9.51. The number of piperidine rings is 1. The van der Waals surface area contributed by atoms with Gasteiger partial charge in [-0.1, -0.05) is 36.4 Å². The number of benzene rings is 2. The van der Waals surface area contributed by atoms with Crippen LogP contribution in [0.2, 0.25) is 0 Å². The van der Waals surface area contributed by atoms with E-state index in [0.717, 1.165) is 36.2 Å². The molecular formula is C24H26N4O3. The molecule has 1 saturated heterocycles. The number of nitrogens with one attached hydrogen (secondary N) is 3. The van der Waals surface area contributed by atoms with Crippen LogP contribution in [0.15, 0.2) is 42.5 Å². The van der Waals surface area contributed by atoms with Gasteiger partial charge in [-0.3, -0.25) is 19.7 Å². The molecule has 7 nitrogen and oxygen atoms in total. The summed E-state index contributed by atoms with van der Waals surface area (Å²) in [5.41, 5.74) is 5.00. The molecule has 160 valence electrons. The largest absolute Gasteiger partial charge is 0.385 e. The van der Waals surface area contributed by atoms with E-state index in [1.54, 1.807) is 4.90 Å². The Morgan fingerprint density at radius 2 is 1.90 bits per heavy atom. The number of amides is 3. The van der Waals surface area contributed by atoms with Crippen molar-refractivity contribution in [3.63, 3.8) is 0 Å². The van der Waals surface area contributed by atoms with Crippen LogP contribution in [0.25, 0.3) is 0 Å². The summed E-state index contributed by atoms with van der Waals surface area (Å²) in [6, 6.07) is 13.9. The normalized spacial score (nSPS) is 23.0. The van der Waals surface area contributed by atoms with Gasteiger partial charge in [0.1, 0.15) is 6.04 Å². The van der Waals surface area contributed by atoms with Crippen LogP contribution >= 0.6 is 0 Å². The van der Waals surface area contributed by atoms with Gasteiger partial charge in [0.15, 0.2) is 0 Å². The first kappa shape index (κ1) is 19.8. The van der Waals surface area contributed by atoms with Crippen LogP contribution in [0.4, 0.5) is 5.69 Å². The third-order valence-corrected chi connectivity index (χ3v) is 6.50. The zero-order valence-electron chi connectivity index (χ0n) is 17.3. The maximum atomic E-state index is 13.3. The Morgan fingerprint density at radius 1 is 1.03 bits per heavy atom. The monoisotopic (exact) mass is 418 g/mol. The van der Waals surface area contributed by atoms with Crippen molar-refractivity contribution in [2.75, 3.05) is 11.9 Å². The Bertz CT molecular complexity index is 1050. The Labute approximate surface area is 181 Å². The number of hydrogen-bond acceptors (Lipinski definition) is 5. The van der Waals surface area contributed by atoms with Gasteiger partial charge in [0, 0.05) is 43.3 Å². The summed E-state index contributed by atoms with van der Waals surface area (Å²) in [6.07, 6.45) is 2.74. The number of nitrogens with zero attached hydrogens (tertiary/aromatic N) is 1. The standard InChI is InChI=1S/C24H26N4O3/c29-21-11-10-20(23(30)27-21)28-14-16-6-3-5-15(22(16)24(28)31)13-26-19-9-4-12-25-18-8-2-1-7-17(18)19/h1-3,5-8,19-20,25-26H,4,9-14H2,(H,27,29,30). The minimum absolute atomic E-state index is 0.121. The van der Waals surface area contributed by atoms with E-state index in [-0.39, 0.29) is 30.2 Å². The first-order valence-corrected chi connectivity index (χ1v) is 10.9. The first-order chi connectivity index (χ1) is 15.1. The molecule has 0 aliphatic carbocycles. The summed E-state index contributed by atoms with van der Waals surface area (Å²) < 4.78 is 0. The van der Waals surface area contributed by atoms with E-state index in [4.69, 9.17) is 0 Å². The van der Waals surface area contributed by atoms with Gasteiger partial charge in [-0.15, -0.1) is 0 Å². The lowest BCUT2D eigenvalue weighted by Gasteiger charge is -2.29. The highest BCUT2D eigenvalue weighted by atomic mass is 16.2. The highest BCUT2D eigenvalue weighted by molar-refractivity contribution is 6.06. The molecule has 3 amide bonds. The van der Waals surface area contributed by atoms with Crippen LogP contribution < -0.4 is 16.0 Å². The van der Waals surface area contributed by atoms with E-state index < -0.39 is 6.04 Å². The third kappa shape index (κ3) is 3.70. The van der Waals surface area contributed by atoms with Gasteiger partial charge in [0.05, 0.1) is 0 Å². The first-order valence-electron chi connectivity index (χ1n) is 10.9. The Balaban J connectivity index is 1.35. The van der Waals surface area contributed by atoms with Crippen LogP contribution in [0.1, 0.15) is 58.8 Å². The van der Waals surface area contributed by atoms with Gasteiger partial charge in [0.25, 0.3) is 5.91 Å². The van der Waals surface area contributed by atoms with Crippen molar-refractivity contribution in [2.24, 2.45) is 0 Å². The fourth-order valence-corrected chi connectivity index (χ4v) is 4.93. The van der Waals surface area contributed by atoms with Gasteiger partial charge in [0.2, 0.25) is 11.8 Å². The number of fused-ring (bicyclic) bond motifs is 2. The quantitative estimate of drug-likeness (QED) is 0.664. The molecule has 3 heterocycles. The molecule has 0 aromatic heterocycles. The van der Waals surface area contributed by atoms with E-state index in [1.165, 1.54) is 5.56 Å². The molecule has 2 aromatic rings. The smallest absolute Gasteiger partial charge is 0.255 e. The van der Waals surface area contributed by atoms with E-state index in [9.17, 15) is 14.4 Å². The highest BCUT2D eigenvalue weighted by Gasteiger charge is 2.40. The molecule has 31 heavy (non-hydrogen) atoms. The van der Waals surface area contributed by atoms with Crippen LogP contribution in [-0.2, 0) is 22.7 Å². The molecule has 0 bridgehead atoms. The summed E-state index contributed by atoms with van der Waals surface area (Å²) >= 11 is 0. The van der Waals surface area contributed by atoms with Crippen LogP contribution in [0.3, 0.4) is 0 Å². The number of imide groups is 1. The fraction of sp³-hybridized carbons (Fsp3) is 0.375. The van der Waals surface area contributed by atoms with Crippen LogP contribution in [-0.4, -0.2) is 35.2 Å². The molecule has 3 N–H and O–H groups in total. The third-order valence-electron chi connectivity index (χ3n) is 6.50. The van der Waals surface area contributed by atoms with E-state index in [0.29, 0.717) is 25.1 Å². The fourth-order valence-electron chi connectivity index (χ4n) is 4.93. The Hall–Kier alpha value is -3.19. The maximum absolute atomic E-state index is 13.3. The number of carbonyl (C=O) groups is 3. The SMILES string of the molecule is O=C1CCC(N2Cc3cccc(CNC4CCCNc5ccccc54)c3C2=O)C(=O)N1. The second-order valence-electron chi connectivity index (χ2n) is 8.44. The zero-order chi connectivity index (χ0) is 21.4. The molecule has 0 saturated carbocycles. The Morgan fingerprint density at radius 3 is 2.77 bits per heavy atom. The van der Waals surface area contributed by atoms with Crippen LogP contribution in [0.5, 0.6) is 0 Å². The molecule has 3 aliphatic rings. The molecule has 2 atom stereocenters. The van der Waals surface area contributed by atoms with Crippen molar-refractivity contribution in [3.05, 3.63) is 64.7 Å². The number of hydrogen-bond donors (Lipinski definition) is 3. The number of anilines is 1. The van der Waals surface area contributed by atoms with Crippen molar-refractivity contribution >= 4 is 23.4 Å². The molecule has 2 aromatic carbocycles. The summed E-state index contributed by atoms with van der Waals surface area (Å²) in [5.74, 6) is -0.766. The van der Waals surface area contributed by atoms with Crippen molar-refractivity contribution < 1.29 is 14.4 Å². The molecular weight excluding hydrogens is 392 g/mol. The van der Waals surface area contributed by atoms with Crippen molar-refractivity contribution in [2.45, 2.75) is 50.9 Å². The lowest BCUT2D eigenvalue weighted by atomic mass is 9.99. The lowest BCUT2D eigenvalue weighted by molar-refractivity contribution is -0.136. The van der Waals surface area contributed by atoms with Gasteiger partial charge in [-0.2, -0.15) is 0 Å². The second-order valence-corrected chi connectivity index (χ2v) is 8.44. The van der Waals surface area contributed by atoms with Gasteiger partial charge in [-0.25, -0.2) is 0 Å². The van der Waals surface area contributed by atoms with Crippen LogP contribution in [0, 0.1) is 0 Å². The minimum atomic E-state index is -0.585. The van der Waals surface area contributed by atoms with E-state index >= 15 is 0 Å². The highest BCUT2D eigenvalue weighted by Crippen LogP contribution is 2.32. The zero-order valence-corrected chi connectivity index (χ0v) is 17.3. The Kier molecular flexibility index (Phi) is 5.19. The maximum Gasteiger partial charge on any atom is 0.255 e. The number of rotatable bonds is 4. The molecule has 1 fully saturated rings. The summed E-state index contributed by atoms with van der Waals surface area (Å²) in [6.45, 7) is 1.94. The topological polar surface area (TPSA) is 90.5 Å². The molecule has 0 spiro atoms. The predicted molar refractivity (Wildman–Crippen MR) is 116 cm³/mol. The lowest BCUT2D eigenvalue weighted by Crippen LogP contribution is -2.52.